The molecule has 1 unspecified atom stereocenters. The zero-order valence-electron chi connectivity index (χ0n) is 16.9. The van der Waals surface area contributed by atoms with Crippen LogP contribution in [0.4, 0.5) is 5.69 Å². The van der Waals surface area contributed by atoms with Crippen molar-refractivity contribution in [3.05, 3.63) is 52.3 Å². The van der Waals surface area contributed by atoms with Crippen molar-refractivity contribution in [2.45, 2.75) is 37.4 Å². The molecule has 0 spiro atoms. The number of aromatic nitrogens is 1. The van der Waals surface area contributed by atoms with Gasteiger partial charge in [0.05, 0.1) is 18.9 Å². The molecule has 1 aromatic carbocycles. The van der Waals surface area contributed by atoms with Gasteiger partial charge in [-0.1, -0.05) is 23.7 Å². The van der Waals surface area contributed by atoms with E-state index >= 15 is 0 Å². The largest absolute Gasteiger partial charge is 0.494 e. The van der Waals surface area contributed by atoms with Crippen molar-refractivity contribution in [1.29, 1.82) is 0 Å². The van der Waals surface area contributed by atoms with Crippen LogP contribution < -0.4 is 10.1 Å². The summed E-state index contributed by atoms with van der Waals surface area (Å²) in [6.45, 7) is 1.76. The van der Waals surface area contributed by atoms with Crippen molar-refractivity contribution in [3.63, 3.8) is 0 Å². The van der Waals surface area contributed by atoms with Crippen LogP contribution in [0.5, 0.6) is 5.75 Å². The van der Waals surface area contributed by atoms with Crippen LogP contribution in [-0.4, -0.2) is 52.7 Å². The average molecular weight is 432 g/mol. The second kappa shape index (κ2) is 8.51. The van der Waals surface area contributed by atoms with Gasteiger partial charge in [-0.2, -0.15) is 0 Å². The smallest absolute Gasteiger partial charge is 0.224 e. The van der Waals surface area contributed by atoms with E-state index in [-0.39, 0.29) is 11.1 Å². The monoisotopic (exact) mass is 431 g/mol. The van der Waals surface area contributed by atoms with E-state index in [1.54, 1.807) is 12.1 Å². The second-order valence-electron chi connectivity index (χ2n) is 8.00. The number of halogens is 1. The van der Waals surface area contributed by atoms with Crippen LogP contribution in [-0.2, 0) is 16.8 Å². The highest BCUT2D eigenvalue weighted by Crippen LogP contribution is 2.35. The molecule has 2 aliphatic heterocycles. The minimum absolute atomic E-state index is 0.0317. The quantitative estimate of drug-likeness (QED) is 0.630. The molecule has 30 heavy (non-hydrogen) atoms. The number of hydrogen-bond acceptors (Lipinski definition) is 6. The highest BCUT2D eigenvalue weighted by Gasteiger charge is 2.36. The maximum atomic E-state index is 11.5. The Morgan fingerprint density at radius 2 is 2.03 bits per heavy atom. The van der Waals surface area contributed by atoms with Gasteiger partial charge >= 0.3 is 0 Å². The van der Waals surface area contributed by atoms with Gasteiger partial charge in [-0.15, -0.1) is 0 Å². The number of benzene rings is 1. The van der Waals surface area contributed by atoms with Crippen LogP contribution >= 0.6 is 11.6 Å². The normalized spacial score (nSPS) is 19.7. The number of amides is 1. The van der Waals surface area contributed by atoms with Crippen molar-refractivity contribution in [3.8, 4) is 5.75 Å². The highest BCUT2D eigenvalue weighted by molar-refractivity contribution is 6.30. The van der Waals surface area contributed by atoms with E-state index < -0.39 is 11.7 Å². The van der Waals surface area contributed by atoms with E-state index in [4.69, 9.17) is 16.3 Å². The van der Waals surface area contributed by atoms with Crippen LogP contribution in [0, 0.1) is 0 Å². The molecule has 0 saturated carbocycles. The van der Waals surface area contributed by atoms with E-state index in [1.807, 2.05) is 18.2 Å². The minimum Gasteiger partial charge on any atom is -0.494 e. The number of piperidine rings is 1. The Morgan fingerprint density at radius 1 is 1.27 bits per heavy atom. The fraction of sp³-hybridized carbons (Fsp3) is 0.455. The zero-order chi connectivity index (χ0) is 21.3. The fourth-order valence-electron chi connectivity index (χ4n) is 4.16. The Hall–Kier alpha value is -2.19. The highest BCUT2D eigenvalue weighted by atomic mass is 35.5. The van der Waals surface area contributed by atoms with Gasteiger partial charge < -0.3 is 25.2 Å². The van der Waals surface area contributed by atoms with Gasteiger partial charge in [-0.3, -0.25) is 4.79 Å². The molecule has 1 saturated heterocycles. The van der Waals surface area contributed by atoms with E-state index in [2.05, 4.69) is 15.2 Å². The molecule has 0 aliphatic carbocycles. The summed E-state index contributed by atoms with van der Waals surface area (Å²) in [7, 11) is 1.53. The summed E-state index contributed by atoms with van der Waals surface area (Å²) in [6, 6.07) is 9.17. The first kappa shape index (κ1) is 21.1. The summed E-state index contributed by atoms with van der Waals surface area (Å²) >= 11 is 6.12. The summed E-state index contributed by atoms with van der Waals surface area (Å²) in [5, 5.41) is 24.9. The summed E-state index contributed by atoms with van der Waals surface area (Å²) < 4.78 is 5.13. The molecule has 0 bridgehead atoms. The molecule has 4 rings (SSSR count). The molecule has 1 amide bonds. The predicted molar refractivity (Wildman–Crippen MR) is 114 cm³/mol. The van der Waals surface area contributed by atoms with Gasteiger partial charge in [-0.05, 0) is 48.6 Å². The van der Waals surface area contributed by atoms with Crippen LogP contribution in [0.25, 0.3) is 0 Å². The number of ether oxygens (including phenoxy) is 1. The summed E-state index contributed by atoms with van der Waals surface area (Å²) in [4.78, 5) is 18.0. The van der Waals surface area contributed by atoms with Crippen LogP contribution in [0.3, 0.4) is 0 Å². The number of anilines is 1. The number of aliphatic hydroxyl groups is 2. The van der Waals surface area contributed by atoms with Crippen LogP contribution in [0.15, 0.2) is 30.3 Å². The van der Waals surface area contributed by atoms with E-state index in [1.165, 1.54) is 7.11 Å². The Balaban J connectivity index is 1.37. The lowest BCUT2D eigenvalue weighted by molar-refractivity contribution is -0.116. The molecule has 2 aliphatic rings. The molecule has 3 N–H and O–H groups in total. The fourth-order valence-corrected chi connectivity index (χ4v) is 4.39. The third-order valence-electron chi connectivity index (χ3n) is 6.04. The van der Waals surface area contributed by atoms with Gasteiger partial charge in [0.25, 0.3) is 0 Å². The number of likely N-dealkylation sites (tertiary alicyclic amines) is 1. The third-order valence-corrected chi connectivity index (χ3v) is 6.31. The van der Waals surface area contributed by atoms with Gasteiger partial charge in [0.1, 0.15) is 5.60 Å². The molecular weight excluding hydrogens is 406 g/mol. The maximum absolute atomic E-state index is 11.5. The molecule has 0 radical (unpaired) electrons. The number of nitrogens with one attached hydrogen (secondary N) is 1. The summed E-state index contributed by atoms with van der Waals surface area (Å²) in [5.74, 6) is 0.512. The molecule has 8 heteroatoms. The molecule has 2 aromatic rings. The first-order valence-electron chi connectivity index (χ1n) is 10.1. The first-order chi connectivity index (χ1) is 14.4. The third kappa shape index (κ3) is 4.30. The Kier molecular flexibility index (Phi) is 5.97. The van der Waals surface area contributed by atoms with E-state index in [0.29, 0.717) is 56.8 Å². The Bertz CT molecular complexity index is 944. The number of β-amino-alcohol motifs (C(OH)–C–C–N with tert-alkyl or cyclic N) is 1. The maximum Gasteiger partial charge on any atom is 0.224 e. The second-order valence-corrected chi connectivity index (χ2v) is 8.36. The van der Waals surface area contributed by atoms with Gasteiger partial charge in [-0.25, -0.2) is 4.98 Å². The molecule has 1 atom stereocenters. The van der Waals surface area contributed by atoms with Crippen molar-refractivity contribution < 1.29 is 19.7 Å². The van der Waals surface area contributed by atoms with E-state index in [9.17, 15) is 15.0 Å². The van der Waals surface area contributed by atoms with Gasteiger partial charge in [0.2, 0.25) is 5.91 Å². The topological polar surface area (TPSA) is 94.9 Å². The van der Waals surface area contributed by atoms with Crippen molar-refractivity contribution in [2.24, 2.45) is 0 Å². The number of nitrogens with zero attached hydrogens (tertiary/aromatic N) is 2. The lowest BCUT2D eigenvalue weighted by Crippen LogP contribution is -2.44. The number of rotatable bonds is 5. The van der Waals surface area contributed by atoms with E-state index in [0.717, 1.165) is 16.8 Å². The Morgan fingerprint density at radius 3 is 2.73 bits per heavy atom. The number of carbonyl (C=O) groups excluding carboxylic acids is 1. The molecule has 3 heterocycles. The number of aryl methyl sites for hydroxylation is 1. The average Bonchev–Trinajstić information content (AvgIpc) is 2.75. The number of pyridine rings is 1. The molecule has 160 valence electrons. The molecule has 1 aromatic heterocycles. The predicted octanol–water partition coefficient (Wildman–Crippen LogP) is 2.65. The molecule has 7 nitrogen and oxygen atoms in total. The van der Waals surface area contributed by atoms with Crippen LogP contribution in [0.1, 0.15) is 42.2 Å². The minimum atomic E-state index is -1.04. The molecular formula is C22H26ClN3O4. The first-order valence-corrected chi connectivity index (χ1v) is 10.5. The van der Waals surface area contributed by atoms with Crippen LogP contribution in [0.2, 0.25) is 5.15 Å². The number of carbonyl (C=O) groups is 1. The number of fused-ring (bicyclic) bond motifs is 1. The number of hydrogen-bond donors (Lipinski definition) is 3. The summed E-state index contributed by atoms with van der Waals surface area (Å²) in [6.07, 6.45) is 1.54. The lowest BCUT2D eigenvalue weighted by Gasteiger charge is -2.38. The van der Waals surface area contributed by atoms with Crippen molar-refractivity contribution in [1.82, 2.24) is 9.88 Å². The van der Waals surface area contributed by atoms with Crippen molar-refractivity contribution >= 4 is 23.2 Å². The SMILES string of the molecule is COc1ccc(C2(O)CCN(CC(O)c3ccc4c(c3)CCC(=O)N4)CC2)nc1Cl. The molecule has 1 fully saturated rings. The Labute approximate surface area is 180 Å². The standard InChI is InChI=1S/C22H26ClN3O4/c1-30-18-5-6-19(25-21(18)23)22(29)8-10-26(11-9-22)13-17(27)15-2-4-16-14(12-15)3-7-20(28)24-16/h2,4-6,12,17,27,29H,3,7-11,13H2,1H3,(H,24,28). The number of methoxy groups -OCH3 is 1. The van der Waals surface area contributed by atoms with Gasteiger partial charge in [0.15, 0.2) is 10.9 Å². The summed E-state index contributed by atoms with van der Waals surface area (Å²) in [5.41, 5.74) is 2.23. The lowest BCUT2D eigenvalue weighted by atomic mass is 9.87. The zero-order valence-corrected chi connectivity index (χ0v) is 17.7. The number of aliphatic hydroxyl groups excluding tert-OH is 1. The van der Waals surface area contributed by atoms with Gasteiger partial charge in [0, 0.05) is 31.7 Å². The van der Waals surface area contributed by atoms with Crippen molar-refractivity contribution in [2.75, 3.05) is 32.1 Å².